The summed E-state index contributed by atoms with van der Waals surface area (Å²) in [7, 11) is 0. The van der Waals surface area contributed by atoms with E-state index in [-0.39, 0.29) is 83.9 Å². The van der Waals surface area contributed by atoms with Gasteiger partial charge in [0.2, 0.25) is 0 Å². The Bertz CT molecular complexity index is 8.00. The molecule has 0 amide bonds. The quantitative estimate of drug-likeness (QED) is 0.494. The van der Waals surface area contributed by atoms with Gasteiger partial charge in [0, 0.05) is 83.9 Å². The molecule has 0 N–H and O–H groups in total. The maximum atomic E-state index is 0. The van der Waals surface area contributed by atoms with Crippen LogP contribution in [0.4, 0.5) is 0 Å². The molecule has 0 fully saturated rings. The van der Waals surface area contributed by atoms with Crippen molar-refractivity contribution in [1.29, 1.82) is 0 Å². The van der Waals surface area contributed by atoms with Crippen LogP contribution in [0.25, 0.3) is 0 Å². The Kier molecular flexibility index (Phi) is 131. The van der Waals surface area contributed by atoms with Crippen molar-refractivity contribution in [2.24, 2.45) is 0 Å². The fourth-order valence-electron chi connectivity index (χ4n) is 0. The Hall–Kier alpha value is 2.66. The van der Waals surface area contributed by atoms with E-state index in [0.717, 1.165) is 0 Å². The molecule has 0 aromatic heterocycles. The van der Waals surface area contributed by atoms with E-state index in [1.54, 1.807) is 0 Å². The van der Waals surface area contributed by atoms with Crippen LogP contribution in [-0.4, -0.2) is 17.4 Å². The topological polar surface area (TPSA) is 0 Å². The van der Waals surface area contributed by atoms with Crippen molar-refractivity contribution in [2.75, 3.05) is 0 Å². The third-order valence-corrected chi connectivity index (χ3v) is 0. The van der Waals surface area contributed by atoms with Gasteiger partial charge in [-0.25, -0.2) is 0 Å². The van der Waals surface area contributed by atoms with Crippen molar-refractivity contribution in [2.45, 2.75) is 0 Å². The number of hydrogen-bond donors (Lipinski definition) is 0. The molecule has 0 rings (SSSR count). The fraction of sp³-hybridized carbons (Fsp3) is 0. The molecule has 0 aromatic rings. The van der Waals surface area contributed by atoms with Gasteiger partial charge in [-0.1, -0.05) is 0 Å². The van der Waals surface area contributed by atoms with E-state index in [9.17, 15) is 0 Å². The molecular formula is AlCrNiY. The predicted molar refractivity (Wildman–Crippen MR) is 5.75 cm³/mol. The van der Waals surface area contributed by atoms with Gasteiger partial charge in [0.05, 0.1) is 0 Å². The van der Waals surface area contributed by atoms with Crippen molar-refractivity contribution in [3.05, 3.63) is 0 Å². The van der Waals surface area contributed by atoms with Crippen LogP contribution in [0.15, 0.2) is 0 Å². The van der Waals surface area contributed by atoms with Gasteiger partial charge in [-0.2, -0.15) is 0 Å². The molecule has 0 unspecified atom stereocenters. The third kappa shape index (κ3) is 8.82. The number of rotatable bonds is 0. The van der Waals surface area contributed by atoms with Gasteiger partial charge >= 0.3 is 0 Å². The van der Waals surface area contributed by atoms with Crippen LogP contribution >= 0.6 is 0 Å². The molecule has 4 radical (unpaired) electrons. The normalized spacial score (nSPS) is 0. The zero-order chi connectivity index (χ0) is 0. The van der Waals surface area contributed by atoms with E-state index in [4.69, 9.17) is 0 Å². The molecule has 0 aromatic carbocycles. The van der Waals surface area contributed by atoms with Crippen molar-refractivity contribution >= 4 is 17.4 Å². The molecular weight excluding hydrogens is 227 g/mol. The minimum absolute atomic E-state index is 0. The van der Waals surface area contributed by atoms with Gasteiger partial charge in [0.15, 0.2) is 0 Å². The molecule has 22 valence electrons. The van der Waals surface area contributed by atoms with E-state index in [2.05, 4.69) is 0 Å². The Balaban J connectivity index is 0. The van der Waals surface area contributed by atoms with Crippen LogP contribution in [0.1, 0.15) is 0 Å². The minimum atomic E-state index is 0. The van der Waals surface area contributed by atoms with Crippen LogP contribution in [0, 0.1) is 0 Å². The van der Waals surface area contributed by atoms with E-state index < -0.39 is 0 Å². The van der Waals surface area contributed by atoms with Gasteiger partial charge in [0.25, 0.3) is 0 Å². The summed E-state index contributed by atoms with van der Waals surface area (Å²) in [5, 5.41) is 0. The summed E-state index contributed by atoms with van der Waals surface area (Å²) in [5.41, 5.74) is 0. The first-order valence-electron chi connectivity index (χ1n) is 0. The van der Waals surface area contributed by atoms with E-state index in [0.29, 0.717) is 0 Å². The van der Waals surface area contributed by atoms with Crippen molar-refractivity contribution < 1.29 is 66.6 Å². The standard InChI is InChI=1S/Al.Cr.Ni.Y. The van der Waals surface area contributed by atoms with Crippen molar-refractivity contribution in [3.63, 3.8) is 0 Å². The summed E-state index contributed by atoms with van der Waals surface area (Å²) in [5.74, 6) is 0. The number of hydrogen-bond acceptors (Lipinski definition) is 0. The second-order valence-electron chi connectivity index (χ2n) is 0. The van der Waals surface area contributed by atoms with Gasteiger partial charge in [-0.05, 0) is 0 Å². The predicted octanol–water partition coefficient (Wildman–Crippen LogP) is -0.388. The Morgan fingerprint density at radius 2 is 1.00 bits per heavy atom. The molecule has 0 aliphatic rings. The first-order chi connectivity index (χ1) is 0. The first-order valence-corrected chi connectivity index (χ1v) is 0. The molecule has 4 heavy (non-hydrogen) atoms. The Morgan fingerprint density at radius 1 is 1.00 bits per heavy atom. The van der Waals surface area contributed by atoms with E-state index in [1.165, 1.54) is 0 Å². The summed E-state index contributed by atoms with van der Waals surface area (Å²) in [4.78, 5) is 0. The molecule has 4 heteroatoms. The summed E-state index contributed by atoms with van der Waals surface area (Å²) in [6, 6.07) is 0. The second-order valence-corrected chi connectivity index (χ2v) is 0. The van der Waals surface area contributed by atoms with Crippen LogP contribution in [-0.2, 0) is 66.6 Å². The zero-order valence-electron chi connectivity index (χ0n) is 1.88. The fourth-order valence-corrected chi connectivity index (χ4v) is 0. The van der Waals surface area contributed by atoms with E-state index in [1.807, 2.05) is 0 Å². The average molecular weight is 227 g/mol. The molecule has 0 atom stereocenters. The summed E-state index contributed by atoms with van der Waals surface area (Å²) >= 11 is 0. The van der Waals surface area contributed by atoms with Gasteiger partial charge in [0.1, 0.15) is 0 Å². The smallest absolute Gasteiger partial charge is 0 e. The van der Waals surface area contributed by atoms with Crippen molar-refractivity contribution in [3.8, 4) is 0 Å². The molecule has 0 heterocycles. The molecule has 0 nitrogen and oxygen atoms in total. The van der Waals surface area contributed by atoms with Gasteiger partial charge < -0.3 is 0 Å². The SMILES string of the molecule is [Al].[Cr].[Ni].[Y]. The third-order valence-electron chi connectivity index (χ3n) is 0. The molecule has 0 aliphatic heterocycles. The zero-order valence-corrected chi connectivity index (χ0v) is 8.13. The Labute approximate surface area is 82.5 Å². The molecule has 0 spiro atoms. The van der Waals surface area contributed by atoms with Gasteiger partial charge in [-0.3, -0.25) is 0 Å². The molecule has 0 saturated carbocycles. The maximum absolute atomic E-state index is 0. The van der Waals surface area contributed by atoms with Crippen molar-refractivity contribution in [1.82, 2.24) is 0 Å². The first kappa shape index (κ1) is 30.1. The van der Waals surface area contributed by atoms with Crippen LogP contribution < -0.4 is 0 Å². The summed E-state index contributed by atoms with van der Waals surface area (Å²) in [6.45, 7) is 0. The molecule has 0 saturated heterocycles. The van der Waals surface area contributed by atoms with E-state index >= 15 is 0 Å². The summed E-state index contributed by atoms with van der Waals surface area (Å²) < 4.78 is 0. The largest absolute Gasteiger partial charge is 0 e. The van der Waals surface area contributed by atoms with Crippen LogP contribution in [0.3, 0.4) is 0 Å². The maximum Gasteiger partial charge on any atom is 0 e. The van der Waals surface area contributed by atoms with Crippen LogP contribution in [0.5, 0.6) is 0 Å². The molecule has 0 bridgehead atoms. The second kappa shape index (κ2) is 17.4. The van der Waals surface area contributed by atoms with Crippen LogP contribution in [0.2, 0.25) is 0 Å². The monoisotopic (exact) mass is 226 g/mol. The van der Waals surface area contributed by atoms with Gasteiger partial charge in [-0.15, -0.1) is 0 Å². The average Bonchev–Trinajstić information content (AvgIpc) is 0. The minimum Gasteiger partial charge on any atom is 0 e. The summed E-state index contributed by atoms with van der Waals surface area (Å²) in [6.07, 6.45) is 0. The molecule has 0 aliphatic carbocycles. The Morgan fingerprint density at radius 3 is 1.00 bits per heavy atom.